The molecule has 0 aromatic heterocycles. The van der Waals surface area contributed by atoms with Crippen molar-refractivity contribution in [2.75, 3.05) is 5.73 Å². The molecule has 0 spiro atoms. The van der Waals surface area contributed by atoms with Crippen molar-refractivity contribution in [3.8, 4) is 0 Å². The predicted molar refractivity (Wildman–Crippen MR) is 71.8 cm³/mol. The van der Waals surface area contributed by atoms with Crippen molar-refractivity contribution in [1.29, 1.82) is 0 Å². The van der Waals surface area contributed by atoms with E-state index in [1.54, 1.807) is 0 Å². The van der Waals surface area contributed by atoms with E-state index in [9.17, 15) is 0 Å². The van der Waals surface area contributed by atoms with Crippen molar-refractivity contribution in [3.05, 3.63) is 29.8 Å². The lowest BCUT2D eigenvalue weighted by atomic mass is 10.0. The van der Waals surface area contributed by atoms with Gasteiger partial charge in [0.05, 0.1) is 6.04 Å². The molecule has 0 radical (unpaired) electrons. The number of anilines is 1. The van der Waals surface area contributed by atoms with Crippen LogP contribution in [-0.2, 0) is 0 Å². The van der Waals surface area contributed by atoms with Gasteiger partial charge in [-0.3, -0.25) is 4.99 Å². The number of nitrogens with zero attached hydrogens (tertiary/aromatic N) is 1. The second-order valence-corrected chi connectivity index (χ2v) is 4.77. The molecule has 0 saturated carbocycles. The van der Waals surface area contributed by atoms with Gasteiger partial charge in [-0.05, 0) is 37.8 Å². The van der Waals surface area contributed by atoms with E-state index >= 15 is 0 Å². The normalized spacial score (nSPS) is 14.2. The Morgan fingerprint density at radius 2 is 1.88 bits per heavy atom. The highest BCUT2D eigenvalue weighted by Gasteiger charge is 2.07. The van der Waals surface area contributed by atoms with Gasteiger partial charge in [0.1, 0.15) is 0 Å². The first-order chi connectivity index (χ1) is 7.50. The van der Waals surface area contributed by atoms with Crippen LogP contribution in [0.3, 0.4) is 0 Å². The molecule has 1 atom stereocenters. The molecule has 0 amide bonds. The molecule has 0 bridgehead atoms. The molecular formula is C14H22N2. The van der Waals surface area contributed by atoms with Crippen LogP contribution in [0.1, 0.15) is 45.7 Å². The van der Waals surface area contributed by atoms with Crippen LogP contribution >= 0.6 is 0 Å². The fourth-order valence-corrected chi connectivity index (χ4v) is 1.94. The first-order valence-electron chi connectivity index (χ1n) is 5.88. The summed E-state index contributed by atoms with van der Waals surface area (Å²) in [6.07, 6.45) is 1.05. The average molecular weight is 218 g/mol. The van der Waals surface area contributed by atoms with Crippen LogP contribution in [0, 0.1) is 5.92 Å². The maximum Gasteiger partial charge on any atom is 0.0740 e. The smallest absolute Gasteiger partial charge is 0.0740 e. The van der Waals surface area contributed by atoms with Gasteiger partial charge in [-0.2, -0.15) is 0 Å². The first-order valence-corrected chi connectivity index (χ1v) is 5.88. The van der Waals surface area contributed by atoms with Gasteiger partial charge in [0.25, 0.3) is 0 Å². The zero-order chi connectivity index (χ0) is 12.1. The minimum absolute atomic E-state index is 0.153. The first kappa shape index (κ1) is 12.8. The van der Waals surface area contributed by atoms with E-state index in [0.29, 0.717) is 5.92 Å². The Kier molecular flexibility index (Phi) is 4.53. The zero-order valence-corrected chi connectivity index (χ0v) is 10.7. The SMILES string of the molecule is CC(CC(C)C)=NC(C)c1ccccc1N. The van der Waals surface area contributed by atoms with Crippen LogP contribution in [0.15, 0.2) is 29.3 Å². The highest BCUT2D eigenvalue weighted by molar-refractivity contribution is 5.82. The molecule has 0 aliphatic rings. The molecule has 1 aromatic carbocycles. The van der Waals surface area contributed by atoms with Crippen molar-refractivity contribution >= 4 is 11.4 Å². The molecule has 88 valence electrons. The Morgan fingerprint density at radius 1 is 1.25 bits per heavy atom. The fraction of sp³-hybridized carbons (Fsp3) is 0.500. The molecule has 2 nitrogen and oxygen atoms in total. The Balaban J connectivity index is 2.79. The molecule has 1 aromatic rings. The summed E-state index contributed by atoms with van der Waals surface area (Å²) in [4.78, 5) is 4.68. The number of nitrogen functional groups attached to an aromatic ring is 1. The molecule has 0 aliphatic carbocycles. The van der Waals surface area contributed by atoms with Crippen molar-refractivity contribution in [2.45, 2.75) is 40.2 Å². The number of hydrogen-bond acceptors (Lipinski definition) is 2. The Labute approximate surface area is 98.6 Å². The number of nitrogens with two attached hydrogens (primary N) is 1. The van der Waals surface area contributed by atoms with E-state index in [1.165, 1.54) is 5.71 Å². The van der Waals surface area contributed by atoms with E-state index in [2.05, 4.69) is 32.7 Å². The third-order valence-electron chi connectivity index (χ3n) is 2.56. The summed E-state index contributed by atoms with van der Waals surface area (Å²) in [5.41, 5.74) is 9.07. The van der Waals surface area contributed by atoms with Gasteiger partial charge in [0, 0.05) is 11.4 Å². The lowest BCUT2D eigenvalue weighted by Gasteiger charge is -2.12. The maximum absolute atomic E-state index is 5.93. The molecule has 2 heteroatoms. The standard InChI is InChI=1S/C14H22N2/c1-10(2)9-11(3)16-12(4)13-7-5-6-8-14(13)15/h5-8,10,12H,9,15H2,1-4H3. The monoisotopic (exact) mass is 218 g/mol. The lowest BCUT2D eigenvalue weighted by molar-refractivity contribution is 0.675. The molecule has 1 rings (SSSR count). The zero-order valence-electron chi connectivity index (χ0n) is 10.7. The molecule has 0 heterocycles. The number of benzene rings is 1. The third kappa shape index (κ3) is 3.69. The van der Waals surface area contributed by atoms with Gasteiger partial charge in [-0.25, -0.2) is 0 Å². The summed E-state index contributed by atoms with van der Waals surface area (Å²) in [7, 11) is 0. The topological polar surface area (TPSA) is 38.4 Å². The number of rotatable bonds is 4. The highest BCUT2D eigenvalue weighted by atomic mass is 14.8. The number of aliphatic imine (C=N–C) groups is 1. The van der Waals surface area contributed by atoms with Gasteiger partial charge >= 0.3 is 0 Å². The fourth-order valence-electron chi connectivity index (χ4n) is 1.94. The Hall–Kier alpha value is -1.31. The van der Waals surface area contributed by atoms with Crippen LogP contribution in [-0.4, -0.2) is 5.71 Å². The van der Waals surface area contributed by atoms with Crippen LogP contribution in [0.2, 0.25) is 0 Å². The highest BCUT2D eigenvalue weighted by Crippen LogP contribution is 2.23. The van der Waals surface area contributed by atoms with Crippen molar-refractivity contribution in [2.24, 2.45) is 10.9 Å². The average Bonchev–Trinajstić information content (AvgIpc) is 2.16. The van der Waals surface area contributed by atoms with E-state index in [-0.39, 0.29) is 6.04 Å². The number of para-hydroxylation sites is 1. The van der Waals surface area contributed by atoms with E-state index in [4.69, 9.17) is 5.73 Å². The number of hydrogen-bond donors (Lipinski definition) is 1. The summed E-state index contributed by atoms with van der Waals surface area (Å²) in [6.45, 7) is 8.60. The Bertz CT molecular complexity index is 367. The minimum atomic E-state index is 0.153. The van der Waals surface area contributed by atoms with Crippen LogP contribution < -0.4 is 5.73 Å². The van der Waals surface area contributed by atoms with Gasteiger partial charge in [0.15, 0.2) is 0 Å². The van der Waals surface area contributed by atoms with E-state index < -0.39 is 0 Å². The predicted octanol–water partition coefficient (Wildman–Crippen LogP) is 3.84. The maximum atomic E-state index is 5.93. The summed E-state index contributed by atoms with van der Waals surface area (Å²) < 4.78 is 0. The van der Waals surface area contributed by atoms with Gasteiger partial charge in [0.2, 0.25) is 0 Å². The summed E-state index contributed by atoms with van der Waals surface area (Å²) in [5, 5.41) is 0. The van der Waals surface area contributed by atoms with E-state index in [1.807, 2.05) is 24.3 Å². The van der Waals surface area contributed by atoms with Crippen LogP contribution in [0.25, 0.3) is 0 Å². The van der Waals surface area contributed by atoms with Gasteiger partial charge < -0.3 is 5.73 Å². The Morgan fingerprint density at radius 3 is 2.44 bits per heavy atom. The van der Waals surface area contributed by atoms with Crippen LogP contribution in [0.4, 0.5) is 5.69 Å². The van der Waals surface area contributed by atoms with Crippen molar-refractivity contribution in [3.63, 3.8) is 0 Å². The van der Waals surface area contributed by atoms with Crippen LogP contribution in [0.5, 0.6) is 0 Å². The molecule has 2 N–H and O–H groups in total. The quantitative estimate of drug-likeness (QED) is 0.605. The summed E-state index contributed by atoms with van der Waals surface area (Å²) in [5.74, 6) is 0.657. The molecule has 0 saturated heterocycles. The second kappa shape index (κ2) is 5.69. The molecular weight excluding hydrogens is 196 g/mol. The molecule has 1 unspecified atom stereocenters. The van der Waals surface area contributed by atoms with Crippen molar-refractivity contribution < 1.29 is 0 Å². The third-order valence-corrected chi connectivity index (χ3v) is 2.56. The summed E-state index contributed by atoms with van der Waals surface area (Å²) >= 11 is 0. The largest absolute Gasteiger partial charge is 0.398 e. The van der Waals surface area contributed by atoms with E-state index in [0.717, 1.165) is 17.7 Å². The second-order valence-electron chi connectivity index (χ2n) is 4.77. The summed E-state index contributed by atoms with van der Waals surface area (Å²) in [6, 6.07) is 8.09. The minimum Gasteiger partial charge on any atom is -0.398 e. The lowest BCUT2D eigenvalue weighted by Crippen LogP contribution is -2.03. The molecule has 0 fully saturated rings. The van der Waals surface area contributed by atoms with Crippen molar-refractivity contribution in [1.82, 2.24) is 0 Å². The molecule has 16 heavy (non-hydrogen) atoms. The van der Waals surface area contributed by atoms with Gasteiger partial charge in [-0.1, -0.05) is 32.0 Å². The molecule has 0 aliphatic heterocycles. The van der Waals surface area contributed by atoms with Gasteiger partial charge in [-0.15, -0.1) is 0 Å².